The van der Waals surface area contributed by atoms with Gasteiger partial charge >= 0.3 is 5.97 Å². The minimum absolute atomic E-state index is 0.210. The van der Waals surface area contributed by atoms with Crippen molar-refractivity contribution in [1.82, 2.24) is 10.6 Å². The SMILES string of the molecule is O=C(CSc1ccc(Cl)cc1)NC(=S)NCc1ccc(C(=O)O)cc1. The van der Waals surface area contributed by atoms with Crippen molar-refractivity contribution in [2.45, 2.75) is 11.4 Å². The number of halogens is 1. The Labute approximate surface area is 159 Å². The van der Waals surface area contributed by atoms with Gasteiger partial charge in [-0.3, -0.25) is 4.79 Å². The van der Waals surface area contributed by atoms with E-state index in [9.17, 15) is 9.59 Å². The van der Waals surface area contributed by atoms with Crippen LogP contribution in [0.5, 0.6) is 0 Å². The Balaban J connectivity index is 1.72. The number of aromatic carboxylic acids is 1. The zero-order valence-corrected chi connectivity index (χ0v) is 15.4. The number of carbonyl (C=O) groups excluding carboxylic acids is 1. The van der Waals surface area contributed by atoms with Gasteiger partial charge < -0.3 is 15.7 Å². The van der Waals surface area contributed by atoms with E-state index in [0.717, 1.165) is 10.5 Å². The smallest absolute Gasteiger partial charge is 0.335 e. The molecule has 0 atom stereocenters. The normalized spacial score (nSPS) is 10.1. The van der Waals surface area contributed by atoms with E-state index in [1.807, 2.05) is 12.1 Å². The minimum Gasteiger partial charge on any atom is -0.478 e. The third-order valence-electron chi connectivity index (χ3n) is 3.09. The van der Waals surface area contributed by atoms with Crippen LogP contribution in [-0.2, 0) is 11.3 Å². The Bertz CT molecular complexity index is 764. The number of benzene rings is 2. The number of rotatable bonds is 6. The summed E-state index contributed by atoms with van der Waals surface area (Å²) in [6.45, 7) is 0.392. The zero-order chi connectivity index (χ0) is 18.2. The van der Waals surface area contributed by atoms with Crippen molar-refractivity contribution in [3.8, 4) is 0 Å². The number of carboxylic acid groups (broad SMARTS) is 1. The van der Waals surface area contributed by atoms with Crippen LogP contribution in [0.2, 0.25) is 5.02 Å². The molecule has 0 fully saturated rings. The molecule has 8 heteroatoms. The summed E-state index contributed by atoms with van der Waals surface area (Å²) in [5.41, 5.74) is 1.08. The van der Waals surface area contributed by atoms with Crippen molar-refractivity contribution >= 4 is 52.6 Å². The Morgan fingerprint density at radius 1 is 1.08 bits per heavy atom. The van der Waals surface area contributed by atoms with Crippen molar-refractivity contribution in [2.24, 2.45) is 0 Å². The average Bonchev–Trinajstić information content (AvgIpc) is 2.60. The fourth-order valence-electron chi connectivity index (χ4n) is 1.83. The fraction of sp³-hybridized carbons (Fsp3) is 0.118. The lowest BCUT2D eigenvalue weighted by Gasteiger charge is -2.10. The lowest BCUT2D eigenvalue weighted by atomic mass is 10.1. The maximum Gasteiger partial charge on any atom is 0.335 e. The van der Waals surface area contributed by atoms with Crippen LogP contribution < -0.4 is 10.6 Å². The summed E-state index contributed by atoms with van der Waals surface area (Å²) in [5.74, 6) is -0.948. The average molecular weight is 395 g/mol. The van der Waals surface area contributed by atoms with E-state index >= 15 is 0 Å². The molecule has 0 spiro atoms. The second kappa shape index (κ2) is 9.41. The second-order valence-corrected chi connectivity index (χ2v) is 6.87. The number of hydrogen-bond acceptors (Lipinski definition) is 4. The minimum atomic E-state index is -0.972. The highest BCUT2D eigenvalue weighted by Gasteiger charge is 2.06. The van der Waals surface area contributed by atoms with Gasteiger partial charge in [-0.15, -0.1) is 11.8 Å². The first-order chi connectivity index (χ1) is 11.9. The summed E-state index contributed by atoms with van der Waals surface area (Å²) in [6, 6.07) is 13.6. The molecule has 2 rings (SSSR count). The van der Waals surface area contributed by atoms with Gasteiger partial charge in [-0.1, -0.05) is 23.7 Å². The molecule has 0 bridgehead atoms. The van der Waals surface area contributed by atoms with Crippen LogP contribution in [-0.4, -0.2) is 27.8 Å². The van der Waals surface area contributed by atoms with Crippen molar-refractivity contribution in [3.05, 3.63) is 64.7 Å². The number of thioether (sulfide) groups is 1. The van der Waals surface area contributed by atoms with E-state index in [-0.39, 0.29) is 22.3 Å². The molecular weight excluding hydrogens is 380 g/mol. The molecule has 0 aliphatic carbocycles. The summed E-state index contributed by atoms with van der Waals surface area (Å²) in [7, 11) is 0. The van der Waals surface area contributed by atoms with E-state index < -0.39 is 5.97 Å². The van der Waals surface area contributed by atoms with Crippen LogP contribution >= 0.6 is 35.6 Å². The second-order valence-electron chi connectivity index (χ2n) is 4.98. The van der Waals surface area contributed by atoms with Crippen molar-refractivity contribution in [2.75, 3.05) is 5.75 Å². The Kier molecular flexibility index (Phi) is 7.24. The molecule has 25 heavy (non-hydrogen) atoms. The van der Waals surface area contributed by atoms with Gasteiger partial charge in [0.25, 0.3) is 0 Å². The van der Waals surface area contributed by atoms with Gasteiger partial charge in [-0.05, 0) is 54.2 Å². The number of thiocarbonyl (C=S) groups is 1. The molecule has 0 aromatic heterocycles. The van der Waals surface area contributed by atoms with E-state index in [2.05, 4.69) is 10.6 Å². The number of hydrogen-bond donors (Lipinski definition) is 3. The molecule has 0 saturated carbocycles. The van der Waals surface area contributed by atoms with Gasteiger partial charge in [-0.2, -0.15) is 0 Å². The van der Waals surface area contributed by atoms with Crippen LogP contribution in [0, 0.1) is 0 Å². The highest BCUT2D eigenvalue weighted by atomic mass is 35.5. The van der Waals surface area contributed by atoms with Crippen LogP contribution in [0.1, 0.15) is 15.9 Å². The number of amides is 1. The molecule has 0 aliphatic heterocycles. The van der Waals surface area contributed by atoms with Crippen LogP contribution in [0.4, 0.5) is 0 Å². The van der Waals surface area contributed by atoms with Crippen molar-refractivity contribution in [3.63, 3.8) is 0 Å². The van der Waals surface area contributed by atoms with E-state index in [1.54, 1.807) is 24.3 Å². The van der Waals surface area contributed by atoms with E-state index in [1.165, 1.54) is 23.9 Å². The molecule has 2 aromatic rings. The number of carboxylic acids is 1. The highest BCUT2D eigenvalue weighted by molar-refractivity contribution is 8.00. The predicted octanol–water partition coefficient (Wildman–Crippen LogP) is 3.32. The molecular formula is C17H15ClN2O3S2. The lowest BCUT2D eigenvalue weighted by Crippen LogP contribution is -2.39. The predicted molar refractivity (Wildman–Crippen MR) is 103 cm³/mol. The first kappa shape index (κ1) is 19.2. The zero-order valence-electron chi connectivity index (χ0n) is 13.0. The van der Waals surface area contributed by atoms with Gasteiger partial charge in [0, 0.05) is 16.5 Å². The summed E-state index contributed by atoms with van der Waals surface area (Å²) in [6.07, 6.45) is 0. The van der Waals surface area contributed by atoms with Crippen LogP contribution in [0.25, 0.3) is 0 Å². The summed E-state index contributed by atoms with van der Waals surface area (Å²) in [4.78, 5) is 23.6. The third kappa shape index (κ3) is 6.74. The Morgan fingerprint density at radius 2 is 1.72 bits per heavy atom. The standard InChI is InChI=1S/C17H15ClN2O3S2/c18-13-5-7-14(8-6-13)25-10-15(21)20-17(24)19-9-11-1-3-12(4-2-11)16(22)23/h1-8H,9-10H2,(H,22,23)(H2,19,20,21,24). The van der Waals surface area contributed by atoms with E-state index in [0.29, 0.717) is 11.6 Å². The van der Waals surface area contributed by atoms with Crippen LogP contribution in [0.15, 0.2) is 53.4 Å². The maximum absolute atomic E-state index is 11.9. The summed E-state index contributed by atoms with van der Waals surface area (Å²) >= 11 is 12.3. The summed E-state index contributed by atoms with van der Waals surface area (Å²) < 4.78 is 0. The molecule has 0 unspecified atom stereocenters. The molecule has 3 N–H and O–H groups in total. The highest BCUT2D eigenvalue weighted by Crippen LogP contribution is 2.19. The Hall–Kier alpha value is -2.09. The number of carbonyl (C=O) groups is 2. The molecule has 5 nitrogen and oxygen atoms in total. The van der Waals surface area contributed by atoms with Gasteiger partial charge in [0.1, 0.15) is 0 Å². The lowest BCUT2D eigenvalue weighted by molar-refractivity contribution is -0.117. The largest absolute Gasteiger partial charge is 0.478 e. The van der Waals surface area contributed by atoms with Gasteiger partial charge in [-0.25, -0.2) is 4.79 Å². The molecule has 0 saturated heterocycles. The van der Waals surface area contributed by atoms with E-state index in [4.69, 9.17) is 28.9 Å². The first-order valence-electron chi connectivity index (χ1n) is 7.22. The Morgan fingerprint density at radius 3 is 2.32 bits per heavy atom. The molecule has 0 aliphatic rings. The fourth-order valence-corrected chi connectivity index (χ4v) is 2.84. The molecule has 130 valence electrons. The maximum atomic E-state index is 11.9. The van der Waals surface area contributed by atoms with Gasteiger partial charge in [0.2, 0.25) is 5.91 Å². The van der Waals surface area contributed by atoms with Crippen molar-refractivity contribution < 1.29 is 14.7 Å². The number of nitrogens with one attached hydrogen (secondary N) is 2. The third-order valence-corrected chi connectivity index (χ3v) is 4.60. The van der Waals surface area contributed by atoms with Crippen LogP contribution in [0.3, 0.4) is 0 Å². The molecule has 0 radical (unpaired) electrons. The first-order valence-corrected chi connectivity index (χ1v) is 8.99. The topological polar surface area (TPSA) is 78.4 Å². The van der Waals surface area contributed by atoms with Crippen molar-refractivity contribution in [1.29, 1.82) is 0 Å². The molecule has 0 heterocycles. The monoisotopic (exact) mass is 394 g/mol. The van der Waals surface area contributed by atoms with Gasteiger partial charge in [0.05, 0.1) is 11.3 Å². The summed E-state index contributed by atoms with van der Waals surface area (Å²) in [5, 5.41) is 15.2. The van der Waals surface area contributed by atoms with Gasteiger partial charge in [0.15, 0.2) is 5.11 Å². The quantitative estimate of drug-likeness (QED) is 0.515. The molecule has 2 aromatic carbocycles. The molecule has 1 amide bonds.